The van der Waals surface area contributed by atoms with Crippen LogP contribution in [0, 0.1) is 11.8 Å². The first-order valence-corrected chi connectivity index (χ1v) is 11.3. The molecular weight excluding hydrogens is 342 g/mol. The van der Waals surface area contributed by atoms with Crippen molar-refractivity contribution in [3.8, 4) is 0 Å². The van der Waals surface area contributed by atoms with Gasteiger partial charge < -0.3 is 9.47 Å². The summed E-state index contributed by atoms with van der Waals surface area (Å²) in [5.74, 6) is -0.478. The summed E-state index contributed by atoms with van der Waals surface area (Å²) in [5.41, 5.74) is 0. The molecule has 2 aliphatic heterocycles. The number of carbonyl (C=O) groups is 2. The molecule has 0 aromatic heterocycles. The van der Waals surface area contributed by atoms with E-state index in [0.29, 0.717) is 6.04 Å². The number of rotatable bonds is 4. The van der Waals surface area contributed by atoms with E-state index in [2.05, 4.69) is 11.9 Å². The van der Waals surface area contributed by atoms with Gasteiger partial charge in [0.15, 0.2) is 0 Å². The number of carbonyl (C=O) groups excluding carboxylic acids is 2. The molecule has 0 amide bonds. The fourth-order valence-corrected chi connectivity index (χ4v) is 5.86. The molecule has 152 valence electrons. The van der Waals surface area contributed by atoms with E-state index in [1.165, 1.54) is 12.8 Å². The molecule has 0 spiro atoms. The first kappa shape index (κ1) is 19.2. The summed E-state index contributed by atoms with van der Waals surface area (Å²) in [4.78, 5) is 28.2. The van der Waals surface area contributed by atoms with Crippen LogP contribution in [0.5, 0.6) is 0 Å². The van der Waals surface area contributed by atoms with E-state index < -0.39 is 0 Å². The van der Waals surface area contributed by atoms with Gasteiger partial charge >= 0.3 is 11.9 Å². The Bertz CT molecular complexity index is 538. The quantitative estimate of drug-likeness (QED) is 0.697. The molecule has 2 bridgehead atoms. The van der Waals surface area contributed by atoms with Gasteiger partial charge in [0.1, 0.15) is 18.1 Å². The maximum atomic E-state index is 13.1. The second-order valence-corrected chi connectivity index (χ2v) is 9.23. The summed E-state index contributed by atoms with van der Waals surface area (Å²) >= 11 is 0. The second kappa shape index (κ2) is 8.50. The minimum absolute atomic E-state index is 0.0334. The van der Waals surface area contributed by atoms with Crippen molar-refractivity contribution < 1.29 is 19.1 Å². The molecule has 0 aromatic carbocycles. The lowest BCUT2D eigenvalue weighted by Gasteiger charge is -2.42. The normalized spacial score (nSPS) is 35.7. The summed E-state index contributed by atoms with van der Waals surface area (Å²) in [6.07, 6.45) is 13.5. The van der Waals surface area contributed by atoms with Crippen LogP contribution in [0.15, 0.2) is 0 Å². The molecule has 0 aromatic rings. The number of esters is 2. The summed E-state index contributed by atoms with van der Waals surface area (Å²) in [5, 5.41) is 0. The minimum Gasteiger partial charge on any atom is -0.462 e. The zero-order valence-electron chi connectivity index (χ0n) is 16.7. The van der Waals surface area contributed by atoms with E-state index in [4.69, 9.17) is 9.47 Å². The summed E-state index contributed by atoms with van der Waals surface area (Å²) < 4.78 is 11.9. The number of fused-ring (bicyclic) bond motifs is 2. The van der Waals surface area contributed by atoms with Gasteiger partial charge in [-0.2, -0.15) is 0 Å². The molecule has 4 atom stereocenters. The predicted molar refractivity (Wildman–Crippen MR) is 102 cm³/mol. The maximum Gasteiger partial charge on any atom is 0.314 e. The van der Waals surface area contributed by atoms with Crippen molar-refractivity contribution in [1.82, 2.24) is 4.90 Å². The zero-order chi connectivity index (χ0) is 18.8. The average molecular weight is 378 g/mol. The van der Waals surface area contributed by atoms with Crippen LogP contribution in [0.1, 0.15) is 83.5 Å². The Morgan fingerprint density at radius 2 is 1.44 bits per heavy atom. The first-order chi connectivity index (χ1) is 13.1. The highest BCUT2D eigenvalue weighted by Crippen LogP contribution is 2.41. The van der Waals surface area contributed by atoms with Crippen LogP contribution in [0.3, 0.4) is 0 Å². The van der Waals surface area contributed by atoms with Crippen molar-refractivity contribution in [2.45, 2.75) is 108 Å². The Morgan fingerprint density at radius 1 is 0.778 bits per heavy atom. The predicted octanol–water partition coefficient (Wildman–Crippen LogP) is 3.84. The van der Waals surface area contributed by atoms with Gasteiger partial charge in [-0.25, -0.2) is 0 Å². The molecule has 27 heavy (non-hydrogen) atoms. The molecule has 4 fully saturated rings. The van der Waals surface area contributed by atoms with Crippen LogP contribution in [-0.2, 0) is 19.1 Å². The van der Waals surface area contributed by atoms with Crippen LogP contribution in [-0.4, -0.2) is 48.2 Å². The van der Waals surface area contributed by atoms with Crippen molar-refractivity contribution in [2.75, 3.05) is 7.05 Å². The Labute approximate surface area is 163 Å². The molecule has 5 nitrogen and oxygen atoms in total. The Balaban J connectivity index is 1.44. The average Bonchev–Trinajstić information content (AvgIpc) is 2.92. The molecule has 2 saturated heterocycles. The van der Waals surface area contributed by atoms with Gasteiger partial charge in [-0.3, -0.25) is 14.5 Å². The Kier molecular flexibility index (Phi) is 6.05. The van der Waals surface area contributed by atoms with Crippen LogP contribution >= 0.6 is 0 Å². The number of hydrogen-bond acceptors (Lipinski definition) is 5. The largest absolute Gasteiger partial charge is 0.462 e. The van der Waals surface area contributed by atoms with E-state index in [0.717, 1.165) is 70.6 Å². The fraction of sp³-hybridized carbons (Fsp3) is 0.909. The summed E-state index contributed by atoms with van der Waals surface area (Å²) in [6, 6.07) is 0.585. The van der Waals surface area contributed by atoms with Gasteiger partial charge in [-0.15, -0.1) is 0 Å². The lowest BCUT2D eigenvalue weighted by Crippen LogP contribution is -2.54. The lowest BCUT2D eigenvalue weighted by atomic mass is 9.86. The van der Waals surface area contributed by atoms with Crippen LogP contribution < -0.4 is 0 Å². The molecule has 0 radical (unpaired) electrons. The Hall–Kier alpha value is -1.10. The van der Waals surface area contributed by atoms with Crippen molar-refractivity contribution in [1.29, 1.82) is 0 Å². The van der Waals surface area contributed by atoms with Gasteiger partial charge in [0, 0.05) is 18.5 Å². The fourth-order valence-electron chi connectivity index (χ4n) is 5.86. The highest BCUT2D eigenvalue weighted by molar-refractivity contribution is 5.77. The van der Waals surface area contributed by atoms with Gasteiger partial charge in [-0.05, 0) is 58.4 Å². The van der Waals surface area contributed by atoms with E-state index in [9.17, 15) is 9.59 Å². The van der Waals surface area contributed by atoms with Crippen molar-refractivity contribution in [3.63, 3.8) is 0 Å². The summed E-state index contributed by atoms with van der Waals surface area (Å²) in [6.45, 7) is 0. The van der Waals surface area contributed by atoms with E-state index in [1.807, 2.05) is 0 Å². The zero-order valence-corrected chi connectivity index (χ0v) is 16.7. The van der Waals surface area contributed by atoms with Gasteiger partial charge in [-0.1, -0.05) is 25.7 Å². The highest BCUT2D eigenvalue weighted by atomic mass is 16.6. The molecule has 2 unspecified atom stereocenters. The van der Waals surface area contributed by atoms with E-state index in [1.54, 1.807) is 0 Å². The molecule has 5 heteroatoms. The first-order valence-electron chi connectivity index (χ1n) is 11.3. The third-order valence-electron chi connectivity index (χ3n) is 7.53. The van der Waals surface area contributed by atoms with Gasteiger partial charge in [0.25, 0.3) is 0 Å². The van der Waals surface area contributed by atoms with Crippen LogP contribution in [0.4, 0.5) is 0 Å². The van der Waals surface area contributed by atoms with Gasteiger partial charge in [0.05, 0.1) is 5.92 Å². The lowest BCUT2D eigenvalue weighted by molar-refractivity contribution is -0.177. The van der Waals surface area contributed by atoms with Crippen LogP contribution in [0.25, 0.3) is 0 Å². The standard InChI is InChI=1S/C22H35NO4/c1-23-16-12-13-18(23)20(22(25)26-17-10-6-3-7-11-17)19(14-16)27-21(24)15-8-4-2-5-9-15/h15-20H,2-14H2,1H3/t16-,18?,19+,20?/m1/s1. The molecular formula is C22H35NO4. The van der Waals surface area contributed by atoms with Crippen LogP contribution in [0.2, 0.25) is 0 Å². The van der Waals surface area contributed by atoms with Gasteiger partial charge in [0.2, 0.25) is 0 Å². The highest BCUT2D eigenvalue weighted by Gasteiger charge is 2.51. The molecule has 0 N–H and O–H groups in total. The number of ether oxygens (including phenoxy) is 2. The molecule has 2 heterocycles. The van der Waals surface area contributed by atoms with E-state index in [-0.39, 0.29) is 42.0 Å². The number of hydrogen-bond donors (Lipinski definition) is 0. The van der Waals surface area contributed by atoms with Crippen molar-refractivity contribution >= 4 is 11.9 Å². The topological polar surface area (TPSA) is 55.8 Å². The smallest absolute Gasteiger partial charge is 0.314 e. The van der Waals surface area contributed by atoms with E-state index >= 15 is 0 Å². The maximum absolute atomic E-state index is 13.1. The molecule has 4 rings (SSSR count). The third kappa shape index (κ3) is 4.18. The van der Waals surface area contributed by atoms with Crippen molar-refractivity contribution in [3.05, 3.63) is 0 Å². The second-order valence-electron chi connectivity index (χ2n) is 9.23. The van der Waals surface area contributed by atoms with Crippen molar-refractivity contribution in [2.24, 2.45) is 11.8 Å². The molecule has 2 saturated carbocycles. The number of piperidine rings is 1. The number of nitrogens with zero attached hydrogens (tertiary/aromatic N) is 1. The SMILES string of the molecule is CN1C2CC[C@@H]1C[C@H](OC(=O)C1CCCCC1)C2C(=O)OC1CCCCC1. The molecule has 2 aliphatic carbocycles. The molecule has 4 aliphatic rings. The third-order valence-corrected chi connectivity index (χ3v) is 7.53. The minimum atomic E-state index is -0.316. The monoisotopic (exact) mass is 377 g/mol. The summed E-state index contributed by atoms with van der Waals surface area (Å²) in [7, 11) is 2.11. The Morgan fingerprint density at radius 3 is 2.15 bits per heavy atom.